The predicted octanol–water partition coefficient (Wildman–Crippen LogP) is 2.82. The largest absolute Gasteiger partial charge is 0.481 e. The highest BCUT2D eigenvalue weighted by Gasteiger charge is 2.21. The number of halogens is 1. The Morgan fingerprint density at radius 2 is 2.11 bits per heavy atom. The molecule has 6 heteroatoms. The summed E-state index contributed by atoms with van der Waals surface area (Å²) in [5.41, 5.74) is 0.0347. The smallest absolute Gasteiger partial charge is 0.305 e. The maximum atomic E-state index is 10.8. The first-order chi connectivity index (χ1) is 8.26. The zero-order valence-electron chi connectivity index (χ0n) is 10.8. The van der Waals surface area contributed by atoms with Crippen LogP contribution in [0.4, 0.5) is 5.82 Å². The first-order valence-corrected chi connectivity index (χ1v) is 6.11. The summed E-state index contributed by atoms with van der Waals surface area (Å²) < 4.78 is 0. The van der Waals surface area contributed by atoms with Crippen LogP contribution in [0.2, 0.25) is 5.15 Å². The first-order valence-electron chi connectivity index (χ1n) is 5.74. The van der Waals surface area contributed by atoms with E-state index in [0.29, 0.717) is 11.0 Å². The summed E-state index contributed by atoms with van der Waals surface area (Å²) in [6.45, 7) is 6.20. The van der Waals surface area contributed by atoms with Crippen LogP contribution in [0.15, 0.2) is 12.1 Å². The van der Waals surface area contributed by atoms with Crippen LogP contribution in [0.3, 0.4) is 0 Å². The minimum Gasteiger partial charge on any atom is -0.481 e. The number of carboxylic acids is 1. The lowest BCUT2D eigenvalue weighted by molar-refractivity contribution is -0.137. The molecular weight excluding hydrogens is 254 g/mol. The van der Waals surface area contributed by atoms with Gasteiger partial charge in [0.05, 0.1) is 6.42 Å². The highest BCUT2D eigenvalue weighted by molar-refractivity contribution is 6.29. The van der Waals surface area contributed by atoms with Crippen LogP contribution in [0.1, 0.15) is 33.6 Å². The third kappa shape index (κ3) is 5.82. The van der Waals surface area contributed by atoms with Crippen LogP contribution in [0.5, 0.6) is 0 Å². The molecule has 0 radical (unpaired) electrons. The van der Waals surface area contributed by atoms with Gasteiger partial charge in [0.15, 0.2) is 5.15 Å². The Morgan fingerprint density at radius 3 is 2.56 bits per heavy atom. The summed E-state index contributed by atoms with van der Waals surface area (Å²) in [6, 6.07) is 3.12. The van der Waals surface area contributed by atoms with Crippen molar-refractivity contribution < 1.29 is 9.90 Å². The van der Waals surface area contributed by atoms with Crippen molar-refractivity contribution in [3.8, 4) is 0 Å². The van der Waals surface area contributed by atoms with Gasteiger partial charge < -0.3 is 10.4 Å². The molecule has 0 aromatic carbocycles. The molecule has 0 saturated heterocycles. The van der Waals surface area contributed by atoms with Gasteiger partial charge in [-0.3, -0.25) is 4.79 Å². The Morgan fingerprint density at radius 1 is 1.44 bits per heavy atom. The molecule has 1 unspecified atom stereocenters. The first kappa shape index (κ1) is 14.7. The van der Waals surface area contributed by atoms with Crippen LogP contribution < -0.4 is 5.32 Å². The highest BCUT2D eigenvalue weighted by Crippen LogP contribution is 2.24. The lowest BCUT2D eigenvalue weighted by atomic mass is 9.87. The van der Waals surface area contributed by atoms with Crippen molar-refractivity contribution >= 4 is 23.4 Å². The molecule has 0 saturated carbocycles. The second-order valence-electron chi connectivity index (χ2n) is 5.45. The van der Waals surface area contributed by atoms with E-state index in [1.165, 1.54) is 0 Å². The van der Waals surface area contributed by atoms with Gasteiger partial charge in [0, 0.05) is 6.04 Å². The van der Waals surface area contributed by atoms with E-state index in [2.05, 4.69) is 36.3 Å². The van der Waals surface area contributed by atoms with E-state index in [9.17, 15) is 4.79 Å². The van der Waals surface area contributed by atoms with Crippen LogP contribution in [-0.4, -0.2) is 27.3 Å². The second kappa shape index (κ2) is 6.00. The third-order valence-corrected chi connectivity index (χ3v) is 2.47. The van der Waals surface area contributed by atoms with Crippen molar-refractivity contribution in [3.63, 3.8) is 0 Å². The third-order valence-electron chi connectivity index (χ3n) is 2.26. The number of aromatic nitrogens is 2. The number of carbonyl (C=O) groups is 1. The molecule has 0 fully saturated rings. The maximum Gasteiger partial charge on any atom is 0.305 e. The number of rotatable bonds is 5. The van der Waals surface area contributed by atoms with E-state index in [0.717, 1.165) is 6.42 Å². The fraction of sp³-hybridized carbons (Fsp3) is 0.583. The lowest BCUT2D eigenvalue weighted by Crippen LogP contribution is -2.28. The fourth-order valence-corrected chi connectivity index (χ4v) is 1.83. The molecule has 0 bridgehead atoms. The molecule has 1 atom stereocenters. The molecular formula is C12H18ClN3O2. The second-order valence-corrected chi connectivity index (χ2v) is 5.83. The van der Waals surface area contributed by atoms with Crippen LogP contribution in [-0.2, 0) is 4.79 Å². The molecule has 0 aliphatic rings. The van der Waals surface area contributed by atoms with E-state index in [1.54, 1.807) is 12.1 Å². The molecule has 1 aromatic heterocycles. The van der Waals surface area contributed by atoms with E-state index < -0.39 is 5.97 Å². The Hall–Kier alpha value is -1.36. The maximum absolute atomic E-state index is 10.8. The van der Waals surface area contributed by atoms with Gasteiger partial charge in [-0.25, -0.2) is 0 Å². The van der Waals surface area contributed by atoms with Crippen molar-refractivity contribution in [1.29, 1.82) is 0 Å². The van der Waals surface area contributed by atoms with Crippen molar-refractivity contribution in [3.05, 3.63) is 17.3 Å². The summed E-state index contributed by atoms with van der Waals surface area (Å²) in [4.78, 5) is 10.8. The minimum atomic E-state index is -0.835. The zero-order chi connectivity index (χ0) is 13.8. The fourth-order valence-electron chi connectivity index (χ4n) is 1.73. The van der Waals surface area contributed by atoms with Crippen molar-refractivity contribution in [2.24, 2.45) is 5.41 Å². The van der Waals surface area contributed by atoms with E-state index in [4.69, 9.17) is 16.7 Å². The van der Waals surface area contributed by atoms with Gasteiger partial charge in [-0.2, -0.15) is 0 Å². The van der Waals surface area contributed by atoms with Gasteiger partial charge in [0.1, 0.15) is 5.82 Å². The van der Waals surface area contributed by atoms with Crippen molar-refractivity contribution in [2.45, 2.75) is 39.7 Å². The molecule has 2 N–H and O–H groups in total. The Labute approximate surface area is 112 Å². The van der Waals surface area contributed by atoms with Gasteiger partial charge in [-0.1, -0.05) is 32.4 Å². The SMILES string of the molecule is CC(C)(C)CC(CC(=O)O)Nc1ccc(Cl)nn1. The molecule has 18 heavy (non-hydrogen) atoms. The number of aliphatic carboxylic acids is 1. The molecule has 0 aliphatic carbocycles. The highest BCUT2D eigenvalue weighted by atomic mass is 35.5. The van der Waals surface area contributed by atoms with Crippen LogP contribution in [0.25, 0.3) is 0 Å². The topological polar surface area (TPSA) is 75.1 Å². The number of hydrogen-bond donors (Lipinski definition) is 2. The molecule has 0 amide bonds. The van der Waals surface area contributed by atoms with Crippen molar-refractivity contribution in [1.82, 2.24) is 10.2 Å². The predicted molar refractivity (Wildman–Crippen MR) is 70.8 cm³/mol. The zero-order valence-corrected chi connectivity index (χ0v) is 11.5. The summed E-state index contributed by atoms with van der Waals surface area (Å²) in [7, 11) is 0. The van der Waals surface area contributed by atoms with Crippen molar-refractivity contribution in [2.75, 3.05) is 5.32 Å². The van der Waals surface area contributed by atoms with Gasteiger partial charge in [0.2, 0.25) is 0 Å². The molecule has 0 aliphatic heterocycles. The number of hydrogen-bond acceptors (Lipinski definition) is 4. The minimum absolute atomic E-state index is 0.0347. The van der Waals surface area contributed by atoms with Gasteiger partial charge in [-0.05, 0) is 24.0 Å². The average molecular weight is 272 g/mol. The number of nitrogens with one attached hydrogen (secondary N) is 1. The monoisotopic (exact) mass is 271 g/mol. The summed E-state index contributed by atoms with van der Waals surface area (Å²) in [6.07, 6.45) is 0.769. The summed E-state index contributed by atoms with van der Waals surface area (Å²) in [5.74, 6) is -0.298. The molecule has 0 spiro atoms. The van der Waals surface area contributed by atoms with Gasteiger partial charge in [0.25, 0.3) is 0 Å². The van der Waals surface area contributed by atoms with E-state index in [1.807, 2.05) is 0 Å². The van der Waals surface area contributed by atoms with Gasteiger partial charge in [-0.15, -0.1) is 10.2 Å². The normalized spacial score (nSPS) is 13.1. The summed E-state index contributed by atoms with van der Waals surface area (Å²) in [5, 5.41) is 19.9. The number of carboxylic acid groups (broad SMARTS) is 1. The van der Waals surface area contributed by atoms with Crippen LogP contribution >= 0.6 is 11.6 Å². The van der Waals surface area contributed by atoms with Gasteiger partial charge >= 0.3 is 5.97 Å². The molecule has 1 aromatic rings. The number of anilines is 1. The molecule has 5 nitrogen and oxygen atoms in total. The molecule has 100 valence electrons. The molecule has 1 rings (SSSR count). The quantitative estimate of drug-likeness (QED) is 0.861. The van der Waals surface area contributed by atoms with E-state index >= 15 is 0 Å². The summed E-state index contributed by atoms with van der Waals surface area (Å²) >= 11 is 5.64. The lowest BCUT2D eigenvalue weighted by Gasteiger charge is -2.26. The van der Waals surface area contributed by atoms with E-state index in [-0.39, 0.29) is 17.9 Å². The van der Waals surface area contributed by atoms with Crippen LogP contribution in [0, 0.1) is 5.41 Å². The number of nitrogens with zero attached hydrogens (tertiary/aromatic N) is 2. The Kier molecular flexibility index (Phi) is 4.90. The average Bonchev–Trinajstić information content (AvgIpc) is 2.18. The Balaban J connectivity index is 2.71. The molecule has 1 heterocycles. The standard InChI is InChI=1S/C12H18ClN3O2/c1-12(2,3)7-8(6-11(17)18)14-10-5-4-9(13)15-16-10/h4-5,8H,6-7H2,1-3H3,(H,14,16)(H,17,18). The Bertz CT molecular complexity index is 401.